The Morgan fingerprint density at radius 2 is 1.79 bits per heavy atom. The Labute approximate surface area is 201 Å². The summed E-state index contributed by atoms with van der Waals surface area (Å²) in [5, 5.41) is 0. The van der Waals surface area contributed by atoms with Crippen LogP contribution in [0.4, 0.5) is 5.69 Å². The number of carbonyl (C=O) groups is 2. The summed E-state index contributed by atoms with van der Waals surface area (Å²) in [6.07, 6.45) is 5.54. The Balaban J connectivity index is 1.40. The van der Waals surface area contributed by atoms with Gasteiger partial charge in [0.05, 0.1) is 11.0 Å². The minimum Gasteiger partial charge on any atom is -0.343 e. The number of carbonyl (C=O) groups excluding carboxylic acids is 2. The van der Waals surface area contributed by atoms with E-state index in [1.807, 2.05) is 28.0 Å². The Kier molecular flexibility index (Phi) is 6.40. The first-order valence-corrected chi connectivity index (χ1v) is 12.6. The molecule has 6 heteroatoms. The van der Waals surface area contributed by atoms with Gasteiger partial charge in [-0.1, -0.05) is 37.1 Å². The number of nitrogens with zero attached hydrogens (tertiary/aromatic N) is 4. The average Bonchev–Trinajstić information content (AvgIpc) is 3.27. The van der Waals surface area contributed by atoms with Gasteiger partial charge in [-0.05, 0) is 56.0 Å². The zero-order valence-corrected chi connectivity index (χ0v) is 20.3. The molecule has 0 aliphatic carbocycles. The smallest absolute Gasteiger partial charge is 0.227 e. The monoisotopic (exact) mass is 458 g/mol. The standard InChI is InChI=1S/C28H34N4O2/c1-20-11-12-21(2)25(17-20)32-19-22(18-27(32)34)28-29-23-9-5-6-10-24(23)31(28)16-13-26(33)30-14-7-3-4-8-15-30/h5-6,9-12,17,22H,3-4,7-8,13-16,18-19H2,1-2H3. The SMILES string of the molecule is Cc1ccc(C)c(N2CC(c3nc4ccccc4n3CCC(=O)N3CCCCCC3)CC2=O)c1. The van der Waals surface area contributed by atoms with Gasteiger partial charge in [0.1, 0.15) is 5.82 Å². The maximum atomic E-state index is 13.1. The highest BCUT2D eigenvalue weighted by Gasteiger charge is 2.35. The minimum atomic E-state index is 0.00750. The van der Waals surface area contributed by atoms with Crippen LogP contribution in [-0.4, -0.2) is 45.9 Å². The number of likely N-dealkylation sites (tertiary alicyclic amines) is 1. The van der Waals surface area contributed by atoms with Crippen LogP contribution >= 0.6 is 0 Å². The molecule has 2 fully saturated rings. The van der Waals surface area contributed by atoms with E-state index in [0.29, 0.717) is 25.9 Å². The molecule has 2 saturated heterocycles. The van der Waals surface area contributed by atoms with Crippen LogP contribution in [0.2, 0.25) is 0 Å². The zero-order valence-electron chi connectivity index (χ0n) is 20.3. The molecule has 1 atom stereocenters. The number of benzene rings is 2. The van der Waals surface area contributed by atoms with Crippen molar-refractivity contribution in [2.24, 2.45) is 0 Å². The van der Waals surface area contributed by atoms with Crippen molar-refractivity contribution in [3.8, 4) is 0 Å². The van der Waals surface area contributed by atoms with Gasteiger partial charge in [-0.3, -0.25) is 9.59 Å². The molecule has 34 heavy (non-hydrogen) atoms. The summed E-state index contributed by atoms with van der Waals surface area (Å²) in [6, 6.07) is 14.4. The predicted octanol–water partition coefficient (Wildman–Crippen LogP) is 4.97. The second kappa shape index (κ2) is 9.61. The summed E-state index contributed by atoms with van der Waals surface area (Å²) in [6.45, 7) is 7.07. The molecule has 0 radical (unpaired) electrons. The van der Waals surface area contributed by atoms with Crippen LogP contribution in [0.15, 0.2) is 42.5 Å². The van der Waals surface area contributed by atoms with Crippen molar-refractivity contribution in [2.75, 3.05) is 24.5 Å². The molecule has 0 N–H and O–H groups in total. The summed E-state index contributed by atoms with van der Waals surface area (Å²) in [5.74, 6) is 1.29. The number of para-hydroxylation sites is 2. The number of rotatable bonds is 5. The molecule has 6 nitrogen and oxygen atoms in total. The number of imidazole rings is 1. The number of hydrogen-bond donors (Lipinski definition) is 0. The van der Waals surface area contributed by atoms with E-state index in [9.17, 15) is 9.59 Å². The molecule has 178 valence electrons. The van der Waals surface area contributed by atoms with Gasteiger partial charge in [-0.25, -0.2) is 4.98 Å². The molecule has 2 amide bonds. The Hall–Kier alpha value is -3.15. The summed E-state index contributed by atoms with van der Waals surface area (Å²) in [5.41, 5.74) is 5.22. The lowest BCUT2D eigenvalue weighted by Gasteiger charge is -2.21. The van der Waals surface area contributed by atoms with Crippen LogP contribution in [0.1, 0.15) is 61.4 Å². The largest absolute Gasteiger partial charge is 0.343 e. The van der Waals surface area contributed by atoms with Crippen molar-refractivity contribution >= 4 is 28.5 Å². The predicted molar refractivity (Wildman–Crippen MR) is 135 cm³/mol. The maximum Gasteiger partial charge on any atom is 0.227 e. The average molecular weight is 459 g/mol. The van der Waals surface area contributed by atoms with Crippen molar-refractivity contribution in [2.45, 2.75) is 64.8 Å². The summed E-state index contributed by atoms with van der Waals surface area (Å²) < 4.78 is 2.19. The highest BCUT2D eigenvalue weighted by Crippen LogP contribution is 2.35. The van der Waals surface area contributed by atoms with E-state index in [2.05, 4.69) is 42.7 Å². The summed E-state index contributed by atoms with van der Waals surface area (Å²) >= 11 is 0. The maximum absolute atomic E-state index is 13.1. The van der Waals surface area contributed by atoms with E-state index in [1.54, 1.807) is 0 Å². The van der Waals surface area contributed by atoms with Crippen LogP contribution in [0.3, 0.4) is 0 Å². The van der Waals surface area contributed by atoms with Gasteiger partial charge in [0.25, 0.3) is 0 Å². The summed E-state index contributed by atoms with van der Waals surface area (Å²) in [4.78, 5) is 35.0. The number of hydrogen-bond acceptors (Lipinski definition) is 3. The zero-order chi connectivity index (χ0) is 23.7. The molecule has 0 spiro atoms. The fourth-order valence-electron chi connectivity index (χ4n) is 5.45. The van der Waals surface area contributed by atoms with Gasteiger partial charge in [0.2, 0.25) is 11.8 Å². The molecule has 3 aromatic rings. The fraction of sp³-hybridized carbons (Fsp3) is 0.464. The lowest BCUT2D eigenvalue weighted by Crippen LogP contribution is -2.32. The molecule has 0 saturated carbocycles. The van der Waals surface area contributed by atoms with E-state index in [0.717, 1.165) is 59.6 Å². The molecule has 3 heterocycles. The van der Waals surface area contributed by atoms with Gasteiger partial charge in [0.15, 0.2) is 0 Å². The Bertz CT molecular complexity index is 1210. The first-order chi connectivity index (χ1) is 16.5. The molecule has 1 unspecified atom stereocenters. The number of aryl methyl sites for hydroxylation is 3. The van der Waals surface area contributed by atoms with E-state index >= 15 is 0 Å². The van der Waals surface area contributed by atoms with E-state index < -0.39 is 0 Å². The van der Waals surface area contributed by atoms with Crippen molar-refractivity contribution in [3.05, 3.63) is 59.4 Å². The van der Waals surface area contributed by atoms with E-state index in [1.165, 1.54) is 12.8 Å². The third kappa shape index (κ3) is 4.46. The van der Waals surface area contributed by atoms with Crippen LogP contribution in [-0.2, 0) is 16.1 Å². The first kappa shape index (κ1) is 22.6. The molecular formula is C28H34N4O2. The number of aromatic nitrogens is 2. The molecule has 5 rings (SSSR count). The number of fused-ring (bicyclic) bond motifs is 1. The van der Waals surface area contributed by atoms with Gasteiger partial charge < -0.3 is 14.4 Å². The van der Waals surface area contributed by atoms with Crippen LogP contribution in [0.25, 0.3) is 11.0 Å². The topological polar surface area (TPSA) is 58.4 Å². The normalized spacial score (nSPS) is 19.1. The quantitative estimate of drug-likeness (QED) is 0.543. The van der Waals surface area contributed by atoms with Crippen molar-refractivity contribution in [1.29, 1.82) is 0 Å². The number of amides is 2. The Morgan fingerprint density at radius 3 is 2.59 bits per heavy atom. The minimum absolute atomic E-state index is 0.00750. The molecule has 2 aliphatic heterocycles. The van der Waals surface area contributed by atoms with Crippen molar-refractivity contribution < 1.29 is 9.59 Å². The molecule has 2 aliphatic rings. The lowest BCUT2D eigenvalue weighted by atomic mass is 10.1. The molecule has 1 aromatic heterocycles. The molecule has 2 aromatic carbocycles. The first-order valence-electron chi connectivity index (χ1n) is 12.6. The Morgan fingerprint density at radius 1 is 1.03 bits per heavy atom. The van der Waals surface area contributed by atoms with Crippen molar-refractivity contribution in [3.63, 3.8) is 0 Å². The van der Waals surface area contributed by atoms with E-state index in [-0.39, 0.29) is 17.7 Å². The second-order valence-electron chi connectivity index (χ2n) is 9.85. The van der Waals surface area contributed by atoms with Crippen LogP contribution in [0.5, 0.6) is 0 Å². The summed E-state index contributed by atoms with van der Waals surface area (Å²) in [7, 11) is 0. The molecular weight excluding hydrogens is 424 g/mol. The van der Waals surface area contributed by atoms with Gasteiger partial charge in [-0.15, -0.1) is 0 Å². The third-order valence-electron chi connectivity index (χ3n) is 7.34. The lowest BCUT2D eigenvalue weighted by molar-refractivity contribution is -0.131. The second-order valence-corrected chi connectivity index (χ2v) is 9.85. The molecule has 0 bridgehead atoms. The number of anilines is 1. The van der Waals surface area contributed by atoms with Gasteiger partial charge in [0, 0.05) is 50.6 Å². The van der Waals surface area contributed by atoms with E-state index in [4.69, 9.17) is 4.98 Å². The van der Waals surface area contributed by atoms with Crippen molar-refractivity contribution in [1.82, 2.24) is 14.5 Å². The van der Waals surface area contributed by atoms with Gasteiger partial charge >= 0.3 is 0 Å². The van der Waals surface area contributed by atoms with Crippen LogP contribution < -0.4 is 4.90 Å². The highest BCUT2D eigenvalue weighted by atomic mass is 16.2. The third-order valence-corrected chi connectivity index (χ3v) is 7.34. The van der Waals surface area contributed by atoms with Gasteiger partial charge in [-0.2, -0.15) is 0 Å². The van der Waals surface area contributed by atoms with Crippen LogP contribution in [0, 0.1) is 13.8 Å². The fourth-order valence-corrected chi connectivity index (χ4v) is 5.45. The highest BCUT2D eigenvalue weighted by molar-refractivity contribution is 5.97.